The Bertz CT molecular complexity index is 457. The molecule has 0 saturated carbocycles. The lowest BCUT2D eigenvalue weighted by Gasteiger charge is -2.22. The van der Waals surface area contributed by atoms with Crippen LogP contribution in [0, 0.1) is 13.8 Å². The molecule has 5 nitrogen and oxygen atoms in total. The highest BCUT2D eigenvalue weighted by atomic mass is 35.5. The lowest BCUT2D eigenvalue weighted by atomic mass is 10.1. The molecule has 0 spiro atoms. The number of methoxy groups -OCH3 is 2. The van der Waals surface area contributed by atoms with Crippen LogP contribution >= 0.6 is 12.4 Å². The van der Waals surface area contributed by atoms with Gasteiger partial charge in [-0.1, -0.05) is 12.1 Å². The first-order chi connectivity index (χ1) is 9.40. The standard InChI is InChI=1S/C15H24N2O3.ClH/c1-10-6-12(7-11(2)14(10)20-5)8-17(3)15(18)13(16)9-19-4;/h6-7,13H,8-9,16H2,1-5H3;1H. The van der Waals surface area contributed by atoms with Crippen molar-refractivity contribution in [3.63, 3.8) is 0 Å². The van der Waals surface area contributed by atoms with Crippen molar-refractivity contribution < 1.29 is 14.3 Å². The number of nitrogens with zero attached hydrogens (tertiary/aromatic N) is 1. The van der Waals surface area contributed by atoms with Crippen LogP contribution in [-0.2, 0) is 16.1 Å². The summed E-state index contributed by atoms with van der Waals surface area (Å²) in [6.07, 6.45) is 0. The molecule has 1 aromatic rings. The number of ether oxygens (including phenoxy) is 2. The summed E-state index contributed by atoms with van der Waals surface area (Å²) in [4.78, 5) is 13.6. The third-order valence-electron chi connectivity index (χ3n) is 3.18. The lowest BCUT2D eigenvalue weighted by Crippen LogP contribution is -2.44. The zero-order valence-corrected chi connectivity index (χ0v) is 14.1. The molecule has 1 aromatic carbocycles. The van der Waals surface area contributed by atoms with Crippen molar-refractivity contribution in [1.29, 1.82) is 0 Å². The smallest absolute Gasteiger partial charge is 0.241 e. The van der Waals surface area contributed by atoms with Gasteiger partial charge in [0.05, 0.1) is 13.7 Å². The van der Waals surface area contributed by atoms with E-state index in [1.54, 1.807) is 19.1 Å². The number of amides is 1. The van der Waals surface area contributed by atoms with Gasteiger partial charge in [-0.25, -0.2) is 0 Å². The summed E-state index contributed by atoms with van der Waals surface area (Å²) < 4.78 is 10.2. The van der Waals surface area contributed by atoms with Crippen LogP contribution in [0.15, 0.2) is 12.1 Å². The molecule has 0 saturated heterocycles. The van der Waals surface area contributed by atoms with E-state index in [4.69, 9.17) is 15.2 Å². The number of hydrogen-bond acceptors (Lipinski definition) is 4. The lowest BCUT2D eigenvalue weighted by molar-refractivity contribution is -0.132. The first-order valence-corrected chi connectivity index (χ1v) is 6.54. The number of nitrogens with two attached hydrogens (primary N) is 1. The molecule has 1 unspecified atom stereocenters. The second-order valence-corrected chi connectivity index (χ2v) is 5.02. The molecule has 21 heavy (non-hydrogen) atoms. The third-order valence-corrected chi connectivity index (χ3v) is 3.18. The monoisotopic (exact) mass is 316 g/mol. The van der Waals surface area contributed by atoms with Gasteiger partial charge in [0.15, 0.2) is 0 Å². The Balaban J connectivity index is 0.00000400. The second kappa shape index (κ2) is 8.87. The van der Waals surface area contributed by atoms with E-state index in [9.17, 15) is 4.79 Å². The van der Waals surface area contributed by atoms with Crippen molar-refractivity contribution in [2.24, 2.45) is 5.73 Å². The minimum absolute atomic E-state index is 0. The van der Waals surface area contributed by atoms with Gasteiger partial charge in [-0.2, -0.15) is 0 Å². The summed E-state index contributed by atoms with van der Waals surface area (Å²) >= 11 is 0. The van der Waals surface area contributed by atoms with Gasteiger partial charge >= 0.3 is 0 Å². The van der Waals surface area contributed by atoms with Crippen molar-refractivity contribution in [2.75, 3.05) is 27.9 Å². The van der Waals surface area contributed by atoms with Crippen LogP contribution in [0.5, 0.6) is 5.75 Å². The van der Waals surface area contributed by atoms with E-state index in [0.29, 0.717) is 6.54 Å². The Morgan fingerprint density at radius 3 is 2.24 bits per heavy atom. The molecule has 1 rings (SSSR count). The summed E-state index contributed by atoms with van der Waals surface area (Å²) in [5.74, 6) is 0.761. The average Bonchev–Trinajstić information content (AvgIpc) is 2.37. The molecule has 6 heteroatoms. The van der Waals surface area contributed by atoms with Crippen molar-refractivity contribution in [2.45, 2.75) is 26.4 Å². The number of likely N-dealkylation sites (N-methyl/N-ethyl adjacent to an activating group) is 1. The fourth-order valence-corrected chi connectivity index (χ4v) is 2.34. The summed E-state index contributed by atoms with van der Waals surface area (Å²) in [5.41, 5.74) is 8.93. The van der Waals surface area contributed by atoms with Gasteiger partial charge in [-0.3, -0.25) is 4.79 Å². The van der Waals surface area contributed by atoms with Crippen LogP contribution in [0.25, 0.3) is 0 Å². The second-order valence-electron chi connectivity index (χ2n) is 5.02. The molecular formula is C15H25ClN2O3. The van der Waals surface area contributed by atoms with E-state index in [0.717, 1.165) is 22.4 Å². The van der Waals surface area contributed by atoms with Crippen LogP contribution in [0.3, 0.4) is 0 Å². The Morgan fingerprint density at radius 2 is 1.81 bits per heavy atom. The Hall–Kier alpha value is -1.30. The summed E-state index contributed by atoms with van der Waals surface area (Å²) in [5, 5.41) is 0. The topological polar surface area (TPSA) is 64.8 Å². The normalized spacial score (nSPS) is 11.5. The maximum atomic E-state index is 12.0. The van der Waals surface area contributed by atoms with Crippen LogP contribution in [0.4, 0.5) is 0 Å². The van der Waals surface area contributed by atoms with E-state index >= 15 is 0 Å². The number of hydrogen-bond donors (Lipinski definition) is 1. The van der Waals surface area contributed by atoms with E-state index in [1.807, 2.05) is 26.0 Å². The van der Waals surface area contributed by atoms with Crippen LogP contribution in [0.2, 0.25) is 0 Å². The van der Waals surface area contributed by atoms with Crippen LogP contribution < -0.4 is 10.5 Å². The van der Waals surface area contributed by atoms with Gasteiger partial charge in [0.1, 0.15) is 11.8 Å². The van der Waals surface area contributed by atoms with Crippen molar-refractivity contribution >= 4 is 18.3 Å². The first-order valence-electron chi connectivity index (χ1n) is 6.54. The maximum absolute atomic E-state index is 12.0. The molecule has 1 amide bonds. The van der Waals surface area contributed by atoms with Gasteiger partial charge < -0.3 is 20.1 Å². The van der Waals surface area contributed by atoms with Crippen molar-refractivity contribution in [1.82, 2.24) is 4.90 Å². The molecule has 0 aliphatic heterocycles. The molecule has 0 aliphatic carbocycles. The van der Waals surface area contributed by atoms with Gasteiger partial charge in [-0.15, -0.1) is 12.4 Å². The van der Waals surface area contributed by atoms with Gasteiger partial charge in [0.25, 0.3) is 0 Å². The highest BCUT2D eigenvalue weighted by molar-refractivity contribution is 5.85. The largest absolute Gasteiger partial charge is 0.496 e. The molecule has 0 aliphatic rings. The van der Waals surface area contributed by atoms with Crippen molar-refractivity contribution in [3.05, 3.63) is 28.8 Å². The fourth-order valence-electron chi connectivity index (χ4n) is 2.34. The molecule has 1 atom stereocenters. The summed E-state index contributed by atoms with van der Waals surface area (Å²) in [7, 11) is 4.94. The zero-order chi connectivity index (χ0) is 15.3. The first kappa shape index (κ1) is 19.7. The average molecular weight is 317 g/mol. The van der Waals surface area contributed by atoms with E-state index in [2.05, 4.69) is 0 Å². The number of benzene rings is 1. The summed E-state index contributed by atoms with van der Waals surface area (Å²) in [6.45, 7) is 4.73. The van der Waals surface area contributed by atoms with Gasteiger partial charge in [-0.05, 0) is 30.5 Å². The highest BCUT2D eigenvalue weighted by Crippen LogP contribution is 2.24. The van der Waals surface area contributed by atoms with Crippen molar-refractivity contribution in [3.8, 4) is 5.75 Å². The molecule has 0 heterocycles. The molecule has 0 radical (unpaired) electrons. The maximum Gasteiger partial charge on any atom is 0.241 e. The van der Waals surface area contributed by atoms with E-state index in [-0.39, 0.29) is 24.9 Å². The number of aryl methyl sites for hydroxylation is 2. The molecule has 0 fully saturated rings. The van der Waals surface area contributed by atoms with Gasteiger partial charge in [0, 0.05) is 20.7 Å². The molecule has 0 bridgehead atoms. The SMILES string of the molecule is COCC(N)C(=O)N(C)Cc1cc(C)c(OC)c(C)c1.Cl. The third kappa shape index (κ3) is 5.19. The number of carbonyl (C=O) groups is 1. The van der Waals surface area contributed by atoms with E-state index in [1.165, 1.54) is 7.11 Å². The Kier molecular flexibility index (Phi) is 8.32. The predicted molar refractivity (Wildman–Crippen MR) is 86.0 cm³/mol. The minimum atomic E-state index is -0.620. The number of carbonyl (C=O) groups excluding carboxylic acids is 1. The molecule has 0 aromatic heterocycles. The number of halogens is 1. The van der Waals surface area contributed by atoms with Crippen LogP contribution in [0.1, 0.15) is 16.7 Å². The van der Waals surface area contributed by atoms with E-state index < -0.39 is 6.04 Å². The Labute approximate surface area is 132 Å². The minimum Gasteiger partial charge on any atom is -0.496 e. The highest BCUT2D eigenvalue weighted by Gasteiger charge is 2.18. The predicted octanol–water partition coefficient (Wildman–Crippen LogP) is 1.67. The fraction of sp³-hybridized carbons (Fsp3) is 0.533. The van der Waals surface area contributed by atoms with Crippen LogP contribution in [-0.4, -0.2) is 44.7 Å². The molecule has 2 N–H and O–H groups in total. The van der Waals surface area contributed by atoms with Gasteiger partial charge in [0.2, 0.25) is 5.91 Å². The Morgan fingerprint density at radius 1 is 1.29 bits per heavy atom. The summed E-state index contributed by atoms with van der Waals surface area (Å²) in [6, 6.07) is 3.43. The molecular weight excluding hydrogens is 292 g/mol. The zero-order valence-electron chi connectivity index (χ0n) is 13.3. The number of rotatable bonds is 6. The quantitative estimate of drug-likeness (QED) is 0.867. The molecule has 120 valence electrons.